The van der Waals surface area contributed by atoms with Crippen molar-refractivity contribution in [3.8, 4) is 22.3 Å². The quantitative estimate of drug-likeness (QED) is 0.0364. The van der Waals surface area contributed by atoms with Crippen molar-refractivity contribution in [2.24, 2.45) is 0 Å². The van der Waals surface area contributed by atoms with Crippen LogP contribution in [0.2, 0.25) is 0 Å². The second-order valence-electron chi connectivity index (χ2n) is 35.1. The van der Waals surface area contributed by atoms with Gasteiger partial charge in [-0.2, -0.15) is 17.5 Å². The van der Waals surface area contributed by atoms with E-state index in [1.54, 1.807) is 0 Å². The molecule has 0 spiro atoms. The summed E-state index contributed by atoms with van der Waals surface area (Å²) in [5.41, 5.74) is 10.4. The van der Waals surface area contributed by atoms with Gasteiger partial charge in [-0.25, -0.2) is 8.78 Å². The monoisotopic (exact) mass is 1500 g/mol. The van der Waals surface area contributed by atoms with E-state index in [9.17, 15) is 0 Å². The van der Waals surface area contributed by atoms with Crippen molar-refractivity contribution in [3.63, 3.8) is 0 Å². The Morgan fingerprint density at radius 3 is 0.566 bits per heavy atom. The van der Waals surface area contributed by atoms with Crippen molar-refractivity contribution in [2.45, 2.75) is 515 Å². The highest BCUT2D eigenvalue weighted by atomic mass is 32.1. The highest BCUT2D eigenvalue weighted by molar-refractivity contribution is 7.00. The molecule has 2 aliphatic rings. The summed E-state index contributed by atoms with van der Waals surface area (Å²) in [6, 6.07) is 4.71. The molecule has 8 heteroatoms. The average Bonchev–Trinajstić information content (AvgIpc) is 1.50. The van der Waals surface area contributed by atoms with Crippen molar-refractivity contribution < 1.29 is 8.78 Å². The highest BCUT2D eigenvalue weighted by Gasteiger charge is 2.54. The van der Waals surface area contributed by atoms with Crippen LogP contribution in [0.4, 0.5) is 8.78 Å². The Hall–Kier alpha value is -2.84. The first-order valence-corrected chi connectivity index (χ1v) is 48.9. The number of benzene rings is 3. The minimum atomic E-state index is -0.686. The van der Waals surface area contributed by atoms with E-state index in [1.165, 1.54) is 409 Å². The van der Waals surface area contributed by atoms with Crippen LogP contribution in [0.25, 0.3) is 44.3 Å². The number of rotatable bonds is 72. The molecule has 106 heavy (non-hydrogen) atoms. The molecular weight excluding hydrogens is 1340 g/mol. The molecule has 5 aromatic rings. The van der Waals surface area contributed by atoms with Gasteiger partial charge in [0.2, 0.25) is 0 Å². The van der Waals surface area contributed by atoms with E-state index in [1.807, 2.05) is 0 Å². The normalized spacial score (nSPS) is 13.5. The summed E-state index contributed by atoms with van der Waals surface area (Å²) in [7, 11) is 0. The Bertz CT molecular complexity index is 2770. The predicted molar refractivity (Wildman–Crippen MR) is 465 cm³/mol. The van der Waals surface area contributed by atoms with E-state index in [0.29, 0.717) is 22.3 Å². The van der Waals surface area contributed by atoms with Crippen LogP contribution in [0.1, 0.15) is 523 Å². The summed E-state index contributed by atoms with van der Waals surface area (Å²) >= 11 is 2.49. The van der Waals surface area contributed by atoms with Gasteiger partial charge in [0.15, 0.2) is 0 Å². The molecule has 602 valence electrons. The van der Waals surface area contributed by atoms with E-state index in [-0.39, 0.29) is 11.6 Å². The minimum Gasteiger partial charge on any atom is -0.206 e. The highest BCUT2D eigenvalue weighted by Crippen LogP contribution is 2.65. The number of nitrogens with zero attached hydrogens (tertiary/aromatic N) is 4. The van der Waals surface area contributed by atoms with Gasteiger partial charge in [-0.3, -0.25) is 0 Å². The molecule has 0 saturated heterocycles. The Kier molecular flexibility index (Phi) is 47.4. The third-order valence-corrected chi connectivity index (χ3v) is 27.2. The number of halogens is 2. The number of fused-ring (bicyclic) bond motifs is 10. The van der Waals surface area contributed by atoms with Crippen LogP contribution in [0.5, 0.6) is 0 Å². The topological polar surface area (TPSA) is 51.6 Å². The molecule has 0 atom stereocenters. The molecule has 0 radical (unpaired) electrons. The zero-order chi connectivity index (χ0) is 74.8. The molecule has 0 fully saturated rings. The fourth-order valence-corrected chi connectivity index (χ4v) is 20.9. The van der Waals surface area contributed by atoms with Gasteiger partial charge in [0.05, 0.1) is 23.5 Å². The maximum absolute atomic E-state index is 20.2. The predicted octanol–water partition coefficient (Wildman–Crippen LogP) is 35.3. The fraction of sp³-hybridized carbons (Fsp3) is 0.816. The molecule has 0 amide bonds. The van der Waals surface area contributed by atoms with E-state index >= 15 is 8.78 Å². The fourth-order valence-electron chi connectivity index (χ4n) is 19.7. The molecule has 7 rings (SSSR count). The molecule has 0 bridgehead atoms. The van der Waals surface area contributed by atoms with Crippen LogP contribution in [0.15, 0.2) is 12.1 Å². The summed E-state index contributed by atoms with van der Waals surface area (Å²) in [4.78, 5) is 0. The summed E-state index contributed by atoms with van der Waals surface area (Å²) in [5.74, 6) is -0.330. The molecule has 0 N–H and O–H groups in total. The number of aryl methyl sites for hydroxylation is 2. The van der Waals surface area contributed by atoms with Crippen LogP contribution in [0.3, 0.4) is 0 Å². The number of aromatic nitrogens is 4. The van der Waals surface area contributed by atoms with E-state index < -0.39 is 10.8 Å². The van der Waals surface area contributed by atoms with Crippen molar-refractivity contribution >= 4 is 45.5 Å². The van der Waals surface area contributed by atoms with Gasteiger partial charge >= 0.3 is 0 Å². The van der Waals surface area contributed by atoms with Gasteiger partial charge < -0.3 is 0 Å². The molecule has 0 saturated carbocycles. The standard InChI is InChI=1S/C98H164F2N4S2/c1-7-11-15-19-23-27-31-35-39-43-47-51-55-59-63-67-71-75-97(76-72-68-64-60-56-52-48-44-40-36-32-28-24-20-16-12-8-2)83-79-81(5)93-95(103-105-101-93)85(83)87-89(97)91(99)88-86-84(80-82(6)94-96(86)104-106-102-94)98(90(88)92(87)100,77-73-69-65-61-57-53-49-45-41-37-33-29-25-21-17-13-9-3)78-74-70-66-62-58-54-50-46-42-38-34-30-26-22-18-14-10-4/h79-80H,7-78H2,1-6H3. The van der Waals surface area contributed by atoms with Gasteiger partial charge in [0.1, 0.15) is 33.7 Å². The smallest absolute Gasteiger partial charge is 0.136 e. The number of hydrogen-bond donors (Lipinski definition) is 0. The third-order valence-electron chi connectivity index (χ3n) is 26.2. The van der Waals surface area contributed by atoms with Gasteiger partial charge in [-0.1, -0.05) is 476 Å². The van der Waals surface area contributed by atoms with Gasteiger partial charge in [-0.15, -0.1) is 0 Å². The summed E-state index contributed by atoms with van der Waals surface area (Å²) < 4.78 is 60.6. The second kappa shape index (κ2) is 55.6. The Labute approximate surface area is 661 Å². The van der Waals surface area contributed by atoms with Crippen molar-refractivity contribution in [1.29, 1.82) is 0 Å². The average molecular weight is 1500 g/mol. The lowest BCUT2D eigenvalue weighted by molar-refractivity contribution is 0.374. The molecule has 0 unspecified atom stereocenters. The van der Waals surface area contributed by atoms with E-state index in [4.69, 9.17) is 17.5 Å². The van der Waals surface area contributed by atoms with Crippen molar-refractivity contribution in [3.05, 3.63) is 57.1 Å². The van der Waals surface area contributed by atoms with Gasteiger partial charge in [-0.05, 0) is 61.8 Å². The van der Waals surface area contributed by atoms with Crippen LogP contribution in [0, 0.1) is 25.5 Å². The van der Waals surface area contributed by atoms with Crippen LogP contribution in [-0.4, -0.2) is 17.5 Å². The van der Waals surface area contributed by atoms with E-state index in [2.05, 4.69) is 53.7 Å². The molecule has 2 aromatic heterocycles. The third kappa shape index (κ3) is 29.6. The molecule has 0 aliphatic heterocycles. The lowest BCUT2D eigenvalue weighted by Gasteiger charge is -2.35. The molecule has 3 aromatic carbocycles. The minimum absolute atomic E-state index is 0.165. The second-order valence-corrected chi connectivity index (χ2v) is 36.1. The largest absolute Gasteiger partial charge is 0.206 e. The Morgan fingerprint density at radius 2 is 0.387 bits per heavy atom. The molecule has 2 aliphatic carbocycles. The van der Waals surface area contributed by atoms with Crippen molar-refractivity contribution in [2.75, 3.05) is 0 Å². The number of unbranched alkanes of at least 4 members (excludes halogenated alkanes) is 64. The first-order chi connectivity index (χ1) is 52.3. The maximum atomic E-state index is 20.2. The summed E-state index contributed by atoms with van der Waals surface area (Å²) in [5, 5.41) is 0. The lowest BCUT2D eigenvalue weighted by Crippen LogP contribution is -2.29. The maximum Gasteiger partial charge on any atom is 0.136 e. The first kappa shape index (κ1) is 90.4. The summed E-state index contributed by atoms with van der Waals surface area (Å²) in [6.07, 6.45) is 93.4. The van der Waals surface area contributed by atoms with Gasteiger partial charge in [0.25, 0.3) is 0 Å². The van der Waals surface area contributed by atoms with E-state index in [0.717, 1.165) is 132 Å². The zero-order valence-electron chi connectivity index (χ0n) is 70.4. The van der Waals surface area contributed by atoms with Crippen LogP contribution in [-0.2, 0) is 10.8 Å². The molecule has 4 nitrogen and oxygen atoms in total. The Balaban J connectivity index is 1.11. The molecule has 2 heterocycles. The van der Waals surface area contributed by atoms with Crippen LogP contribution >= 0.6 is 23.5 Å². The first-order valence-electron chi connectivity index (χ1n) is 47.4. The van der Waals surface area contributed by atoms with Gasteiger partial charge in [0, 0.05) is 44.2 Å². The Morgan fingerprint density at radius 1 is 0.226 bits per heavy atom. The summed E-state index contributed by atoms with van der Waals surface area (Å²) in [6.45, 7) is 13.6. The SMILES string of the molecule is CCCCCCCCCCCCCCCCCCCC1(CCCCCCCCCCCCCCCCCCC)c2cc(C)c3nsnc3c2-c2c(F)c3c(c(F)c21)-c1c(cc(C)c2nsnc12)C3(CCCCCCCCCCCCCCCCCCC)CCCCCCCCCCCCCCCCCCC. The van der Waals surface area contributed by atoms with Crippen LogP contribution < -0.4 is 0 Å². The molecular formula is C98H164F2N4S2. The zero-order valence-corrected chi connectivity index (χ0v) is 72.1. The lowest BCUT2D eigenvalue weighted by atomic mass is 9.68. The van der Waals surface area contributed by atoms with Crippen molar-refractivity contribution in [1.82, 2.24) is 17.5 Å². The number of hydrogen-bond acceptors (Lipinski definition) is 6.